The van der Waals surface area contributed by atoms with Crippen molar-refractivity contribution in [3.05, 3.63) is 62.9 Å². The molecule has 0 fully saturated rings. The molecule has 2 aromatic heterocycles. The molecule has 6 nitrogen and oxygen atoms in total. The van der Waals surface area contributed by atoms with Gasteiger partial charge in [0.1, 0.15) is 29.7 Å². The summed E-state index contributed by atoms with van der Waals surface area (Å²) in [5.41, 5.74) is 2.24. The van der Waals surface area contributed by atoms with Gasteiger partial charge in [-0.1, -0.05) is 40.9 Å². The molecule has 0 bridgehead atoms. The summed E-state index contributed by atoms with van der Waals surface area (Å²) in [6, 6.07) is 5.41. The van der Waals surface area contributed by atoms with Crippen LogP contribution in [0.4, 0.5) is 8.78 Å². The molecular weight excluding hydrogens is 519 g/mol. The van der Waals surface area contributed by atoms with E-state index in [0.717, 1.165) is 30.7 Å². The van der Waals surface area contributed by atoms with Gasteiger partial charge < -0.3 is 14.5 Å². The molecule has 3 rings (SSSR count). The van der Waals surface area contributed by atoms with E-state index in [0.29, 0.717) is 29.1 Å². The Hall–Kier alpha value is -2.85. The average Bonchev–Trinajstić information content (AvgIpc) is 3.32. The van der Waals surface area contributed by atoms with Gasteiger partial charge in [0.15, 0.2) is 0 Å². The minimum Gasteiger partial charge on any atom is -0.490 e. The summed E-state index contributed by atoms with van der Waals surface area (Å²) in [5.74, 6) is -1.54. The van der Waals surface area contributed by atoms with Crippen molar-refractivity contribution >= 4 is 25.7 Å². The van der Waals surface area contributed by atoms with Gasteiger partial charge in [0.2, 0.25) is 0 Å². The van der Waals surface area contributed by atoms with Crippen LogP contribution in [0.25, 0.3) is 28.6 Å². The quantitative estimate of drug-likeness (QED) is 0.200. The Morgan fingerprint density at radius 1 is 1.10 bits per heavy atom. The Bertz CT molecular complexity index is 1250. The molecule has 0 aliphatic carbocycles. The lowest BCUT2D eigenvalue weighted by atomic mass is 9.98. The van der Waals surface area contributed by atoms with Gasteiger partial charge in [-0.25, -0.2) is 8.78 Å². The minimum atomic E-state index is -0.802. The first-order chi connectivity index (χ1) is 18.8. The fraction of sp³-hybridized carbons (Fsp3) is 0.448. The van der Waals surface area contributed by atoms with E-state index in [9.17, 15) is 9.18 Å². The van der Waals surface area contributed by atoms with E-state index < -0.39 is 11.6 Å². The number of rotatable bonds is 11. The van der Waals surface area contributed by atoms with Crippen molar-refractivity contribution in [3.63, 3.8) is 0 Å². The highest BCUT2D eigenvalue weighted by molar-refractivity contribution is 8.01. The first kappa shape index (κ1) is 34.2. The smallest absolute Gasteiger partial charge is 0.255 e. The molecule has 0 atom stereocenters. The Kier molecular flexibility index (Phi) is 16.2. The SMILES string of the molecule is CCC.CCCn1nc(-c2[nH]c(=O)c(/C=C\SC)cc2-c2c(F)cc(F)cc2OCCOC)cc1CC.[B]C. The van der Waals surface area contributed by atoms with Crippen LogP contribution in [0.1, 0.15) is 51.8 Å². The second kappa shape index (κ2) is 18.4. The largest absolute Gasteiger partial charge is 0.490 e. The lowest BCUT2D eigenvalue weighted by Gasteiger charge is -2.16. The van der Waals surface area contributed by atoms with Crippen molar-refractivity contribution in [1.82, 2.24) is 14.8 Å². The molecule has 1 N–H and O–H groups in total. The highest BCUT2D eigenvalue weighted by Crippen LogP contribution is 2.39. The van der Waals surface area contributed by atoms with Gasteiger partial charge in [-0.3, -0.25) is 9.48 Å². The molecule has 0 aliphatic heterocycles. The lowest BCUT2D eigenvalue weighted by Crippen LogP contribution is -2.13. The number of benzene rings is 1. The van der Waals surface area contributed by atoms with Crippen LogP contribution < -0.4 is 10.3 Å². The van der Waals surface area contributed by atoms with Crippen LogP contribution in [-0.4, -0.2) is 49.2 Å². The maximum Gasteiger partial charge on any atom is 0.255 e. The van der Waals surface area contributed by atoms with Crippen LogP contribution >= 0.6 is 11.8 Å². The molecule has 0 spiro atoms. The molecule has 0 unspecified atom stereocenters. The fourth-order valence-corrected chi connectivity index (χ4v) is 3.92. The maximum atomic E-state index is 15.3. The van der Waals surface area contributed by atoms with Gasteiger partial charge in [-0.15, -0.1) is 11.8 Å². The summed E-state index contributed by atoms with van der Waals surface area (Å²) in [6.45, 7) is 10.9. The second-order valence-corrected chi connectivity index (χ2v) is 9.03. The number of aryl methyl sites for hydroxylation is 2. The van der Waals surface area contributed by atoms with Gasteiger partial charge in [0, 0.05) is 42.6 Å². The Labute approximate surface area is 236 Å². The van der Waals surface area contributed by atoms with E-state index >= 15 is 4.39 Å². The van der Waals surface area contributed by atoms with Crippen molar-refractivity contribution in [3.8, 4) is 28.3 Å². The number of nitrogens with zero attached hydrogens (tertiary/aromatic N) is 2. The molecule has 0 amide bonds. The lowest BCUT2D eigenvalue weighted by molar-refractivity contribution is 0.146. The third-order valence-corrected chi connectivity index (χ3v) is 5.61. The molecule has 212 valence electrons. The van der Waals surface area contributed by atoms with E-state index in [2.05, 4.69) is 38.7 Å². The molecule has 3 aromatic rings. The van der Waals surface area contributed by atoms with Gasteiger partial charge in [0.25, 0.3) is 5.56 Å². The first-order valence-electron chi connectivity index (χ1n) is 13.1. The number of halogens is 2. The zero-order valence-electron chi connectivity index (χ0n) is 24.1. The number of aromatic nitrogens is 3. The monoisotopic (exact) mass is 559 g/mol. The molecule has 10 heteroatoms. The van der Waals surface area contributed by atoms with Crippen LogP contribution in [0.2, 0.25) is 6.82 Å². The van der Waals surface area contributed by atoms with E-state index in [1.54, 1.807) is 17.6 Å². The molecule has 0 aliphatic rings. The molecule has 0 saturated heterocycles. The van der Waals surface area contributed by atoms with Gasteiger partial charge in [0.05, 0.1) is 25.7 Å². The van der Waals surface area contributed by atoms with Crippen LogP contribution in [0.15, 0.2) is 34.5 Å². The van der Waals surface area contributed by atoms with Gasteiger partial charge in [-0.05, 0) is 42.7 Å². The molecule has 2 radical (unpaired) electrons. The molecule has 1 aromatic carbocycles. The van der Waals surface area contributed by atoms with Crippen LogP contribution in [0.5, 0.6) is 5.75 Å². The van der Waals surface area contributed by atoms with Crippen molar-refractivity contribution < 1.29 is 18.3 Å². The molecule has 39 heavy (non-hydrogen) atoms. The summed E-state index contributed by atoms with van der Waals surface area (Å²) in [5, 5.41) is 6.44. The average molecular weight is 560 g/mol. The molecule has 0 saturated carbocycles. The van der Waals surface area contributed by atoms with Gasteiger partial charge >= 0.3 is 0 Å². The maximum absolute atomic E-state index is 15.3. The van der Waals surface area contributed by atoms with Crippen LogP contribution in [-0.2, 0) is 17.7 Å². The highest BCUT2D eigenvalue weighted by atomic mass is 32.2. The van der Waals surface area contributed by atoms with E-state index in [1.165, 1.54) is 32.1 Å². The zero-order valence-corrected chi connectivity index (χ0v) is 24.9. The molecule has 2 heterocycles. The Morgan fingerprint density at radius 3 is 2.38 bits per heavy atom. The summed E-state index contributed by atoms with van der Waals surface area (Å²) < 4.78 is 42.0. The summed E-state index contributed by atoms with van der Waals surface area (Å²) in [7, 11) is 6.01. The van der Waals surface area contributed by atoms with Crippen molar-refractivity contribution in [2.75, 3.05) is 26.6 Å². The van der Waals surface area contributed by atoms with E-state index in [-0.39, 0.29) is 30.1 Å². The third-order valence-electron chi connectivity index (χ3n) is 5.20. The fourth-order valence-electron chi connectivity index (χ4n) is 3.64. The number of ether oxygens (including phenoxy) is 2. The number of nitrogens with one attached hydrogen (secondary N) is 1. The number of aromatic amines is 1. The Morgan fingerprint density at radius 2 is 1.79 bits per heavy atom. The van der Waals surface area contributed by atoms with Gasteiger partial charge in [-0.2, -0.15) is 5.10 Å². The van der Waals surface area contributed by atoms with Crippen molar-refractivity contribution in [1.29, 1.82) is 0 Å². The predicted molar refractivity (Wildman–Crippen MR) is 161 cm³/mol. The number of hydrogen-bond acceptors (Lipinski definition) is 5. The van der Waals surface area contributed by atoms with E-state index in [4.69, 9.17) is 9.47 Å². The second-order valence-electron chi connectivity index (χ2n) is 8.29. The number of hydrogen-bond donors (Lipinski definition) is 1. The number of thioether (sulfide) groups is 1. The standard InChI is InChI=1S/C25H29F2N3O3S.C3H8.CH3B/c1-5-8-30-18(6-2)15-21(29-30)24-19(12-16(7-11-34-4)25(31)28-24)23-20(27)13-17(26)14-22(23)33-10-9-32-3;1-3-2;1-2/h7,11-15H,5-6,8-10H2,1-4H3,(H,28,31);3H2,1-2H3;1H3/b11-7-;;. The van der Waals surface area contributed by atoms with Crippen LogP contribution in [0.3, 0.4) is 0 Å². The number of H-pyrrole nitrogens is 1. The van der Waals surface area contributed by atoms with Crippen LogP contribution in [0, 0.1) is 11.6 Å². The highest BCUT2D eigenvalue weighted by Gasteiger charge is 2.22. The normalized spacial score (nSPS) is 10.6. The number of pyridine rings is 1. The zero-order chi connectivity index (χ0) is 29.4. The summed E-state index contributed by atoms with van der Waals surface area (Å²) in [6.07, 6.45) is 6.40. The van der Waals surface area contributed by atoms with Crippen molar-refractivity contribution in [2.45, 2.75) is 60.3 Å². The van der Waals surface area contributed by atoms with E-state index in [1.807, 2.05) is 23.9 Å². The topological polar surface area (TPSA) is 69.1 Å². The summed E-state index contributed by atoms with van der Waals surface area (Å²) in [4.78, 5) is 15.8. The Balaban J connectivity index is 0.00000142. The van der Waals surface area contributed by atoms with Crippen molar-refractivity contribution in [2.24, 2.45) is 0 Å². The number of methoxy groups -OCH3 is 1. The summed E-state index contributed by atoms with van der Waals surface area (Å²) >= 11 is 1.43. The third kappa shape index (κ3) is 9.69. The first-order valence-corrected chi connectivity index (χ1v) is 14.4. The molecular formula is C29H40BF2N3O3S. The minimum absolute atomic E-state index is 0.0198. The predicted octanol–water partition coefficient (Wildman–Crippen LogP) is 7.13.